The van der Waals surface area contributed by atoms with Gasteiger partial charge in [-0.2, -0.15) is 0 Å². The van der Waals surface area contributed by atoms with Crippen LogP contribution in [0.15, 0.2) is 90.0 Å². The minimum Gasteiger partial charge on any atom is -0.326 e. The average Bonchev–Trinajstić information content (AvgIpc) is 2.78. The van der Waals surface area contributed by atoms with Crippen molar-refractivity contribution in [1.29, 1.82) is 0 Å². The molecule has 1 amide bonds. The van der Waals surface area contributed by atoms with Gasteiger partial charge in [0, 0.05) is 30.0 Å². The lowest BCUT2D eigenvalue weighted by molar-refractivity contribution is -0.114. The third kappa shape index (κ3) is 5.38. The first-order valence-corrected chi connectivity index (χ1v) is 11.0. The Kier molecular flexibility index (Phi) is 6.43. The number of carbonyl (C=O) groups excluding carboxylic acids is 2. The molecule has 0 unspecified atom stereocenters. The summed E-state index contributed by atoms with van der Waals surface area (Å²) in [5, 5.41) is 4.69. The molecule has 3 aromatic carbocycles. The van der Waals surface area contributed by atoms with Crippen LogP contribution in [0.25, 0.3) is 10.9 Å². The maximum atomic E-state index is 12.7. The van der Waals surface area contributed by atoms with Crippen molar-refractivity contribution in [3.05, 3.63) is 102 Å². The summed E-state index contributed by atoms with van der Waals surface area (Å²) in [7, 11) is 0. The van der Waals surface area contributed by atoms with Crippen LogP contribution in [0.4, 0.5) is 5.69 Å². The van der Waals surface area contributed by atoms with E-state index < -0.39 is 0 Å². The number of hydrogen-bond acceptors (Lipinski definition) is 4. The number of rotatable bonds is 7. The first-order valence-electron chi connectivity index (χ1n) is 10.0. The molecule has 0 saturated carbocycles. The van der Waals surface area contributed by atoms with Gasteiger partial charge in [0.2, 0.25) is 5.91 Å². The summed E-state index contributed by atoms with van der Waals surface area (Å²) < 4.78 is 0. The van der Waals surface area contributed by atoms with E-state index in [9.17, 15) is 9.59 Å². The predicted octanol–water partition coefficient (Wildman–Crippen LogP) is 5.76. The van der Waals surface area contributed by atoms with Gasteiger partial charge in [-0.1, -0.05) is 60.3 Å². The topological polar surface area (TPSA) is 59.1 Å². The van der Waals surface area contributed by atoms with Crippen molar-refractivity contribution in [2.75, 3.05) is 11.1 Å². The summed E-state index contributed by atoms with van der Waals surface area (Å²) in [6.07, 6.45) is 0.764. The number of carbonyl (C=O) groups is 2. The average molecular weight is 427 g/mol. The standard InChI is InChI=1S/C26H22N2O2S/c1-18(29)27-23-13-11-20(12-14-23)25(30)17-31-26-22(15-19-7-3-2-4-8-19)16-21-9-5-6-10-24(21)28-26/h2-14,16H,15,17H2,1H3,(H,27,29). The molecular formula is C26H22N2O2S. The molecule has 0 aliphatic rings. The highest BCUT2D eigenvalue weighted by atomic mass is 32.2. The zero-order valence-corrected chi connectivity index (χ0v) is 18.0. The number of nitrogens with zero attached hydrogens (tertiary/aromatic N) is 1. The van der Waals surface area contributed by atoms with Crippen molar-refractivity contribution < 1.29 is 9.59 Å². The van der Waals surface area contributed by atoms with E-state index in [-0.39, 0.29) is 11.7 Å². The highest BCUT2D eigenvalue weighted by molar-refractivity contribution is 8.00. The van der Waals surface area contributed by atoms with Crippen LogP contribution in [0.1, 0.15) is 28.4 Å². The predicted molar refractivity (Wildman–Crippen MR) is 127 cm³/mol. The van der Waals surface area contributed by atoms with Gasteiger partial charge < -0.3 is 5.32 Å². The fraction of sp³-hybridized carbons (Fsp3) is 0.115. The lowest BCUT2D eigenvalue weighted by Crippen LogP contribution is -2.07. The van der Waals surface area contributed by atoms with Crippen molar-refractivity contribution in [3.8, 4) is 0 Å². The van der Waals surface area contributed by atoms with Gasteiger partial charge in [-0.05, 0) is 47.5 Å². The first-order chi connectivity index (χ1) is 15.1. The number of benzene rings is 3. The van der Waals surface area contributed by atoms with E-state index in [1.807, 2.05) is 36.4 Å². The molecule has 0 saturated heterocycles. The Morgan fingerprint density at radius 3 is 2.35 bits per heavy atom. The Labute approximate surface area is 185 Å². The quantitative estimate of drug-likeness (QED) is 0.302. The zero-order valence-electron chi connectivity index (χ0n) is 17.2. The van der Waals surface area contributed by atoms with E-state index in [2.05, 4.69) is 29.6 Å². The van der Waals surface area contributed by atoms with Gasteiger partial charge in [-0.3, -0.25) is 9.59 Å². The summed E-state index contributed by atoms with van der Waals surface area (Å²) in [4.78, 5) is 28.8. The largest absolute Gasteiger partial charge is 0.326 e. The van der Waals surface area contributed by atoms with Crippen molar-refractivity contribution in [1.82, 2.24) is 4.98 Å². The second-order valence-corrected chi connectivity index (χ2v) is 8.24. The van der Waals surface area contributed by atoms with Crippen molar-refractivity contribution >= 4 is 40.0 Å². The molecule has 31 heavy (non-hydrogen) atoms. The third-order valence-corrected chi connectivity index (χ3v) is 5.90. The smallest absolute Gasteiger partial charge is 0.221 e. The van der Waals surface area contributed by atoms with Gasteiger partial charge >= 0.3 is 0 Å². The molecule has 0 aliphatic heterocycles. The molecule has 0 aliphatic carbocycles. The Balaban J connectivity index is 1.54. The molecule has 4 aromatic rings. The SMILES string of the molecule is CC(=O)Nc1ccc(C(=O)CSc2nc3ccccc3cc2Cc2ccccc2)cc1. The summed E-state index contributed by atoms with van der Waals surface area (Å²) in [6, 6.07) is 27.5. The molecule has 5 heteroatoms. The van der Waals surface area contributed by atoms with Crippen molar-refractivity contribution in [3.63, 3.8) is 0 Å². The molecule has 0 fully saturated rings. The molecule has 0 bridgehead atoms. The van der Waals surface area contributed by atoms with E-state index in [0.29, 0.717) is 17.0 Å². The van der Waals surface area contributed by atoms with Crippen LogP contribution in [0.5, 0.6) is 0 Å². The van der Waals surface area contributed by atoms with E-state index in [1.165, 1.54) is 24.2 Å². The highest BCUT2D eigenvalue weighted by Gasteiger charge is 2.13. The number of ketones is 1. The molecular weight excluding hydrogens is 404 g/mol. The van der Waals surface area contributed by atoms with Crippen LogP contribution >= 0.6 is 11.8 Å². The van der Waals surface area contributed by atoms with E-state index in [1.54, 1.807) is 24.3 Å². The Morgan fingerprint density at radius 2 is 1.61 bits per heavy atom. The zero-order chi connectivity index (χ0) is 21.6. The van der Waals surface area contributed by atoms with E-state index >= 15 is 0 Å². The number of amides is 1. The minimum absolute atomic E-state index is 0.0278. The van der Waals surface area contributed by atoms with Gasteiger partial charge in [-0.25, -0.2) is 4.98 Å². The monoisotopic (exact) mass is 426 g/mol. The van der Waals surface area contributed by atoms with Crippen molar-refractivity contribution in [2.45, 2.75) is 18.4 Å². The lowest BCUT2D eigenvalue weighted by atomic mass is 10.0. The molecule has 0 atom stereocenters. The number of Topliss-reactive ketones (excluding diaryl/α,β-unsaturated/α-hetero) is 1. The number of hydrogen-bond donors (Lipinski definition) is 1. The van der Waals surface area contributed by atoms with Gasteiger partial charge in [-0.15, -0.1) is 0 Å². The molecule has 1 aromatic heterocycles. The fourth-order valence-corrected chi connectivity index (χ4v) is 4.28. The fourth-order valence-electron chi connectivity index (χ4n) is 3.37. The molecule has 4 rings (SSSR count). The van der Waals surface area contributed by atoms with Crippen LogP contribution in [-0.4, -0.2) is 22.4 Å². The van der Waals surface area contributed by atoms with Crippen LogP contribution in [0.3, 0.4) is 0 Å². The van der Waals surface area contributed by atoms with Gasteiger partial charge in [0.25, 0.3) is 0 Å². The highest BCUT2D eigenvalue weighted by Crippen LogP contribution is 2.28. The Bertz CT molecular complexity index is 1220. The number of para-hydroxylation sites is 1. The summed E-state index contributed by atoms with van der Waals surface area (Å²) in [5.74, 6) is 0.190. The molecule has 0 radical (unpaired) electrons. The van der Waals surface area contributed by atoms with E-state index in [4.69, 9.17) is 4.98 Å². The second kappa shape index (κ2) is 9.58. The molecule has 4 nitrogen and oxygen atoms in total. The summed E-state index contributed by atoms with van der Waals surface area (Å²) >= 11 is 1.47. The second-order valence-electron chi connectivity index (χ2n) is 7.28. The molecule has 1 N–H and O–H groups in total. The summed E-state index contributed by atoms with van der Waals surface area (Å²) in [6.45, 7) is 1.46. The van der Waals surface area contributed by atoms with E-state index in [0.717, 1.165) is 27.9 Å². The normalized spacial score (nSPS) is 10.7. The maximum Gasteiger partial charge on any atom is 0.221 e. The van der Waals surface area contributed by atoms with Crippen LogP contribution in [0, 0.1) is 0 Å². The first kappa shape index (κ1) is 20.8. The number of pyridine rings is 1. The minimum atomic E-state index is -0.136. The van der Waals surface area contributed by atoms with Gasteiger partial charge in [0.05, 0.1) is 11.3 Å². The van der Waals surface area contributed by atoms with Crippen LogP contribution in [0.2, 0.25) is 0 Å². The number of fused-ring (bicyclic) bond motifs is 1. The number of aromatic nitrogens is 1. The van der Waals surface area contributed by atoms with Crippen LogP contribution < -0.4 is 5.32 Å². The maximum absolute atomic E-state index is 12.7. The van der Waals surface area contributed by atoms with Crippen molar-refractivity contribution in [2.24, 2.45) is 0 Å². The lowest BCUT2D eigenvalue weighted by Gasteiger charge is -2.11. The van der Waals surface area contributed by atoms with Crippen LogP contribution in [-0.2, 0) is 11.2 Å². The number of anilines is 1. The summed E-state index contributed by atoms with van der Waals surface area (Å²) in [5.41, 5.74) is 4.55. The number of thioether (sulfide) groups is 1. The van der Waals surface area contributed by atoms with Gasteiger partial charge in [0.15, 0.2) is 5.78 Å². The Morgan fingerprint density at radius 1 is 0.903 bits per heavy atom. The molecule has 1 heterocycles. The number of nitrogens with one attached hydrogen (secondary N) is 1. The Hall–Kier alpha value is -3.44. The third-order valence-electron chi connectivity index (χ3n) is 4.87. The molecule has 154 valence electrons. The molecule has 0 spiro atoms. The van der Waals surface area contributed by atoms with Gasteiger partial charge in [0.1, 0.15) is 5.03 Å².